The summed E-state index contributed by atoms with van der Waals surface area (Å²) in [6.45, 7) is 0. The summed E-state index contributed by atoms with van der Waals surface area (Å²) in [7, 11) is 0. The van der Waals surface area contributed by atoms with Gasteiger partial charge in [-0.3, -0.25) is 10.2 Å². The van der Waals surface area contributed by atoms with Gasteiger partial charge >= 0.3 is 0 Å². The molecule has 0 radical (unpaired) electrons. The van der Waals surface area contributed by atoms with E-state index in [1.54, 1.807) is 29.2 Å². The van der Waals surface area contributed by atoms with Gasteiger partial charge in [0.1, 0.15) is 6.33 Å². The maximum Gasteiger partial charge on any atom is 0.271 e. The molecule has 3 rings (SSSR count). The van der Waals surface area contributed by atoms with Crippen LogP contribution >= 0.6 is 27.5 Å². The molecule has 0 bridgehead atoms. The molecule has 0 atom stereocenters. The number of nitrogens with one attached hydrogen (secondary N) is 1. The van der Waals surface area contributed by atoms with Crippen molar-refractivity contribution in [3.05, 3.63) is 63.9 Å². The quantitative estimate of drug-likeness (QED) is 0.763. The third-order valence-corrected chi connectivity index (χ3v) is 3.66. The van der Waals surface area contributed by atoms with Crippen molar-refractivity contribution in [2.75, 3.05) is 5.43 Å². The van der Waals surface area contributed by atoms with E-state index in [2.05, 4.69) is 26.3 Å². The highest BCUT2D eigenvalue weighted by Gasteiger charge is 2.12. The molecule has 0 unspecified atom stereocenters. The molecule has 2 aromatic carbocycles. The first-order chi connectivity index (χ1) is 9.65. The summed E-state index contributed by atoms with van der Waals surface area (Å²) in [5.41, 5.74) is 4.81. The van der Waals surface area contributed by atoms with Crippen molar-refractivity contribution in [2.24, 2.45) is 0 Å². The molecular weight excluding hydrogens is 342 g/mol. The van der Waals surface area contributed by atoms with E-state index in [0.29, 0.717) is 10.6 Å². The Morgan fingerprint density at radius 1 is 1.25 bits per heavy atom. The minimum Gasteiger partial charge on any atom is -0.267 e. The smallest absolute Gasteiger partial charge is 0.267 e. The second kappa shape index (κ2) is 5.26. The minimum absolute atomic E-state index is 0.286. The SMILES string of the molecule is O=C(Nn1cnc2ccccc21)c1ccc(Br)cc1Cl. The highest BCUT2D eigenvalue weighted by Crippen LogP contribution is 2.21. The monoisotopic (exact) mass is 349 g/mol. The number of halogens is 2. The number of hydrogen-bond acceptors (Lipinski definition) is 2. The van der Waals surface area contributed by atoms with Crippen LogP contribution in [0.25, 0.3) is 11.0 Å². The fourth-order valence-electron chi connectivity index (χ4n) is 1.89. The molecule has 0 spiro atoms. The average Bonchev–Trinajstić information content (AvgIpc) is 2.82. The number of carbonyl (C=O) groups excluding carboxylic acids is 1. The Kier molecular flexibility index (Phi) is 3.46. The maximum absolute atomic E-state index is 12.2. The molecule has 3 aromatic rings. The number of benzene rings is 2. The topological polar surface area (TPSA) is 46.9 Å². The van der Waals surface area contributed by atoms with Crippen molar-refractivity contribution in [3.8, 4) is 0 Å². The minimum atomic E-state index is -0.286. The number of nitrogens with zero attached hydrogens (tertiary/aromatic N) is 2. The first kappa shape index (κ1) is 13.1. The van der Waals surface area contributed by atoms with Crippen LogP contribution in [0, 0.1) is 0 Å². The summed E-state index contributed by atoms with van der Waals surface area (Å²) >= 11 is 9.37. The van der Waals surface area contributed by atoms with E-state index in [4.69, 9.17) is 11.6 Å². The average molecular weight is 351 g/mol. The molecule has 0 saturated heterocycles. The van der Waals surface area contributed by atoms with E-state index < -0.39 is 0 Å². The van der Waals surface area contributed by atoms with Crippen LogP contribution in [0.2, 0.25) is 5.02 Å². The zero-order valence-corrected chi connectivity index (χ0v) is 12.5. The van der Waals surface area contributed by atoms with Crippen LogP contribution in [-0.4, -0.2) is 15.6 Å². The van der Waals surface area contributed by atoms with Gasteiger partial charge in [0.15, 0.2) is 0 Å². The normalized spacial score (nSPS) is 10.7. The van der Waals surface area contributed by atoms with Gasteiger partial charge in [-0.15, -0.1) is 0 Å². The summed E-state index contributed by atoms with van der Waals surface area (Å²) in [5, 5.41) is 0.390. The van der Waals surface area contributed by atoms with Crippen molar-refractivity contribution in [3.63, 3.8) is 0 Å². The van der Waals surface area contributed by atoms with Gasteiger partial charge < -0.3 is 0 Å². The molecule has 6 heteroatoms. The summed E-state index contributed by atoms with van der Waals surface area (Å²) in [6, 6.07) is 12.7. The second-order valence-electron chi connectivity index (χ2n) is 4.17. The van der Waals surface area contributed by atoms with E-state index in [-0.39, 0.29) is 5.91 Å². The first-order valence-corrected chi connectivity index (χ1v) is 7.01. The molecule has 4 nitrogen and oxygen atoms in total. The fourth-order valence-corrected chi connectivity index (χ4v) is 2.65. The third kappa shape index (κ3) is 2.42. The van der Waals surface area contributed by atoms with E-state index in [1.165, 1.54) is 0 Å². The second-order valence-corrected chi connectivity index (χ2v) is 5.49. The number of amides is 1. The van der Waals surface area contributed by atoms with E-state index >= 15 is 0 Å². The molecule has 0 fully saturated rings. The van der Waals surface area contributed by atoms with E-state index in [0.717, 1.165) is 15.5 Å². The Bertz CT molecular complexity index is 800. The number of aromatic nitrogens is 2. The molecule has 0 aliphatic carbocycles. The van der Waals surface area contributed by atoms with Crippen LogP contribution in [-0.2, 0) is 0 Å². The molecule has 1 N–H and O–H groups in total. The van der Waals surface area contributed by atoms with Gasteiger partial charge in [0, 0.05) is 4.47 Å². The number of fused-ring (bicyclic) bond motifs is 1. The van der Waals surface area contributed by atoms with E-state index in [1.807, 2.05) is 24.3 Å². The summed E-state index contributed by atoms with van der Waals surface area (Å²) in [6.07, 6.45) is 1.56. The predicted molar refractivity (Wildman–Crippen MR) is 82.6 cm³/mol. The number of rotatable bonds is 2. The third-order valence-electron chi connectivity index (χ3n) is 2.85. The Hall–Kier alpha value is -1.85. The largest absolute Gasteiger partial charge is 0.271 e. The highest BCUT2D eigenvalue weighted by atomic mass is 79.9. The van der Waals surface area contributed by atoms with Gasteiger partial charge in [-0.2, -0.15) is 0 Å². The Morgan fingerprint density at radius 2 is 2.05 bits per heavy atom. The van der Waals surface area contributed by atoms with Crippen LogP contribution in [0.15, 0.2) is 53.3 Å². The van der Waals surface area contributed by atoms with Crippen molar-refractivity contribution in [2.45, 2.75) is 0 Å². The van der Waals surface area contributed by atoms with Gasteiger partial charge in [-0.25, -0.2) is 9.66 Å². The molecule has 0 saturated carbocycles. The fraction of sp³-hybridized carbons (Fsp3) is 0. The zero-order valence-electron chi connectivity index (χ0n) is 10.2. The molecule has 0 aliphatic heterocycles. The standard InChI is InChI=1S/C14H9BrClN3O/c15-9-5-6-10(11(16)7-9)14(20)18-19-8-17-12-3-1-2-4-13(12)19/h1-8H,(H,18,20). The van der Waals surface area contributed by atoms with Crippen molar-refractivity contribution in [1.82, 2.24) is 9.66 Å². The lowest BCUT2D eigenvalue weighted by Crippen LogP contribution is -2.22. The van der Waals surface area contributed by atoms with Gasteiger partial charge in [-0.05, 0) is 30.3 Å². The Balaban J connectivity index is 1.92. The molecule has 1 heterocycles. The van der Waals surface area contributed by atoms with E-state index in [9.17, 15) is 4.79 Å². The van der Waals surface area contributed by atoms with Gasteiger partial charge in [-0.1, -0.05) is 39.7 Å². The van der Waals surface area contributed by atoms with Gasteiger partial charge in [0.25, 0.3) is 5.91 Å². The van der Waals surface area contributed by atoms with Gasteiger partial charge in [0.2, 0.25) is 0 Å². The van der Waals surface area contributed by atoms with Crippen LogP contribution in [0.3, 0.4) is 0 Å². The van der Waals surface area contributed by atoms with Crippen molar-refractivity contribution >= 4 is 44.5 Å². The molecule has 1 aromatic heterocycles. The lowest BCUT2D eigenvalue weighted by Gasteiger charge is -2.08. The van der Waals surface area contributed by atoms with Crippen molar-refractivity contribution < 1.29 is 4.79 Å². The lowest BCUT2D eigenvalue weighted by atomic mass is 10.2. The number of carbonyl (C=O) groups is 1. The predicted octanol–water partition coefficient (Wildman–Crippen LogP) is 3.84. The first-order valence-electron chi connectivity index (χ1n) is 5.83. The van der Waals surface area contributed by atoms with Crippen LogP contribution in [0.4, 0.5) is 0 Å². The Labute approximate surface area is 128 Å². The molecule has 1 amide bonds. The molecular formula is C14H9BrClN3O. The summed E-state index contributed by atoms with van der Waals surface area (Å²) < 4.78 is 2.41. The molecule has 100 valence electrons. The van der Waals surface area contributed by atoms with Crippen LogP contribution in [0.1, 0.15) is 10.4 Å². The van der Waals surface area contributed by atoms with Crippen LogP contribution in [0.5, 0.6) is 0 Å². The van der Waals surface area contributed by atoms with Crippen molar-refractivity contribution in [1.29, 1.82) is 0 Å². The van der Waals surface area contributed by atoms with Gasteiger partial charge in [0.05, 0.1) is 21.6 Å². The number of imidazole rings is 1. The Morgan fingerprint density at radius 3 is 2.85 bits per heavy atom. The molecule has 20 heavy (non-hydrogen) atoms. The molecule has 0 aliphatic rings. The number of para-hydroxylation sites is 2. The maximum atomic E-state index is 12.2. The summed E-state index contributed by atoms with van der Waals surface area (Å²) in [4.78, 5) is 16.4. The summed E-state index contributed by atoms with van der Waals surface area (Å²) in [5.74, 6) is -0.286. The lowest BCUT2D eigenvalue weighted by molar-refractivity contribution is 0.101. The number of hydrogen-bond donors (Lipinski definition) is 1. The highest BCUT2D eigenvalue weighted by molar-refractivity contribution is 9.10. The zero-order chi connectivity index (χ0) is 14.1. The van der Waals surface area contributed by atoms with Crippen LogP contribution < -0.4 is 5.43 Å².